The third-order valence-electron chi connectivity index (χ3n) is 2.89. The van der Waals surface area contributed by atoms with Crippen molar-refractivity contribution in [2.45, 2.75) is 13.5 Å². The summed E-state index contributed by atoms with van der Waals surface area (Å²) in [5, 5.41) is 3.92. The van der Waals surface area contributed by atoms with Crippen LogP contribution in [0.25, 0.3) is 0 Å². The molecule has 1 rings (SSSR count). The fourth-order valence-electron chi connectivity index (χ4n) is 1.80. The van der Waals surface area contributed by atoms with Crippen molar-refractivity contribution >= 4 is 17.4 Å². The SMILES string of the molecule is CCNCc1cnc(N(CCOC)CCOC)c(Cl)c1. The second-order valence-corrected chi connectivity index (χ2v) is 4.81. The van der Waals surface area contributed by atoms with Crippen molar-refractivity contribution in [2.24, 2.45) is 0 Å². The summed E-state index contributed by atoms with van der Waals surface area (Å²) in [5.41, 5.74) is 1.08. The van der Waals surface area contributed by atoms with E-state index in [1.165, 1.54) is 0 Å². The van der Waals surface area contributed by atoms with Crippen molar-refractivity contribution in [1.29, 1.82) is 0 Å². The molecule has 114 valence electrons. The van der Waals surface area contributed by atoms with E-state index in [1.807, 2.05) is 12.3 Å². The minimum absolute atomic E-state index is 0.626. The number of pyridine rings is 1. The zero-order valence-electron chi connectivity index (χ0n) is 12.5. The van der Waals surface area contributed by atoms with Crippen molar-refractivity contribution in [3.63, 3.8) is 0 Å². The highest BCUT2D eigenvalue weighted by atomic mass is 35.5. The first kappa shape index (κ1) is 17.2. The van der Waals surface area contributed by atoms with Crippen LogP contribution in [0.2, 0.25) is 5.02 Å². The summed E-state index contributed by atoms with van der Waals surface area (Å²) in [6.45, 7) is 6.49. The molecule has 0 atom stereocenters. The maximum atomic E-state index is 6.35. The molecule has 1 heterocycles. The molecule has 0 saturated heterocycles. The molecule has 0 aromatic carbocycles. The Labute approximate surface area is 126 Å². The van der Waals surface area contributed by atoms with Crippen molar-refractivity contribution in [1.82, 2.24) is 10.3 Å². The van der Waals surface area contributed by atoms with Gasteiger partial charge in [0.05, 0.1) is 18.2 Å². The summed E-state index contributed by atoms with van der Waals surface area (Å²) in [5.74, 6) is 0.779. The Balaban J connectivity index is 2.78. The second kappa shape index (κ2) is 9.94. The number of nitrogens with zero attached hydrogens (tertiary/aromatic N) is 2. The van der Waals surface area contributed by atoms with Gasteiger partial charge in [0.2, 0.25) is 0 Å². The highest BCUT2D eigenvalue weighted by Crippen LogP contribution is 2.24. The summed E-state index contributed by atoms with van der Waals surface area (Å²) >= 11 is 6.35. The zero-order chi connectivity index (χ0) is 14.8. The van der Waals surface area contributed by atoms with Crippen LogP contribution < -0.4 is 10.2 Å². The normalized spacial score (nSPS) is 10.8. The molecular weight excluding hydrogens is 278 g/mol. The van der Waals surface area contributed by atoms with Gasteiger partial charge in [-0.05, 0) is 18.2 Å². The topological polar surface area (TPSA) is 46.6 Å². The maximum Gasteiger partial charge on any atom is 0.147 e. The minimum Gasteiger partial charge on any atom is -0.383 e. The van der Waals surface area contributed by atoms with Gasteiger partial charge in [-0.2, -0.15) is 0 Å². The van der Waals surface area contributed by atoms with Gasteiger partial charge in [0.25, 0.3) is 0 Å². The van der Waals surface area contributed by atoms with Crippen molar-refractivity contribution < 1.29 is 9.47 Å². The standard InChI is InChI=1S/C14H24ClN3O2/c1-4-16-10-12-9-13(15)14(17-11-12)18(5-7-19-2)6-8-20-3/h9,11,16H,4-8,10H2,1-3H3. The minimum atomic E-state index is 0.626. The molecule has 0 fully saturated rings. The average Bonchev–Trinajstić information content (AvgIpc) is 2.46. The lowest BCUT2D eigenvalue weighted by Gasteiger charge is -2.24. The molecule has 1 aromatic heterocycles. The third-order valence-corrected chi connectivity index (χ3v) is 3.17. The van der Waals surface area contributed by atoms with Gasteiger partial charge < -0.3 is 19.7 Å². The lowest BCUT2D eigenvalue weighted by molar-refractivity contribution is 0.190. The number of nitrogens with one attached hydrogen (secondary N) is 1. The molecule has 0 amide bonds. The monoisotopic (exact) mass is 301 g/mol. The predicted octanol–water partition coefficient (Wildman–Crippen LogP) is 1.94. The van der Waals surface area contributed by atoms with Crippen LogP contribution in [0.1, 0.15) is 12.5 Å². The highest BCUT2D eigenvalue weighted by Gasteiger charge is 2.12. The summed E-state index contributed by atoms with van der Waals surface area (Å²) in [6.07, 6.45) is 1.86. The fourth-order valence-corrected chi connectivity index (χ4v) is 2.10. The van der Waals surface area contributed by atoms with Crippen molar-refractivity contribution in [3.05, 3.63) is 22.8 Å². The van der Waals surface area contributed by atoms with Gasteiger partial charge in [0.15, 0.2) is 0 Å². The van der Waals surface area contributed by atoms with E-state index in [2.05, 4.69) is 22.1 Å². The van der Waals surface area contributed by atoms with Crippen molar-refractivity contribution in [3.8, 4) is 0 Å². The molecule has 20 heavy (non-hydrogen) atoms. The molecular formula is C14H24ClN3O2. The molecule has 1 aromatic rings. The lowest BCUT2D eigenvalue weighted by Crippen LogP contribution is -2.31. The molecule has 0 bridgehead atoms. The van der Waals surface area contributed by atoms with Gasteiger partial charge in [-0.3, -0.25) is 0 Å². The Kier molecular flexibility index (Phi) is 8.53. The van der Waals surface area contributed by atoms with Gasteiger partial charge in [0, 0.05) is 40.1 Å². The molecule has 0 unspecified atom stereocenters. The van der Waals surface area contributed by atoms with Gasteiger partial charge in [0.1, 0.15) is 5.82 Å². The van der Waals surface area contributed by atoms with Crippen LogP contribution in [0.3, 0.4) is 0 Å². The molecule has 0 aliphatic rings. The van der Waals surface area contributed by atoms with Crippen LogP contribution in [-0.2, 0) is 16.0 Å². The number of aromatic nitrogens is 1. The summed E-state index contributed by atoms with van der Waals surface area (Å²) in [7, 11) is 3.37. The quantitative estimate of drug-likeness (QED) is 0.716. The molecule has 0 aliphatic carbocycles. The molecule has 6 heteroatoms. The highest BCUT2D eigenvalue weighted by molar-refractivity contribution is 6.33. The molecule has 0 saturated carbocycles. The molecule has 0 radical (unpaired) electrons. The number of hydrogen-bond donors (Lipinski definition) is 1. The van der Waals surface area contributed by atoms with Crippen LogP contribution >= 0.6 is 11.6 Å². The van der Waals surface area contributed by atoms with E-state index in [4.69, 9.17) is 21.1 Å². The average molecular weight is 302 g/mol. The molecule has 0 spiro atoms. The van der Waals surface area contributed by atoms with Crippen LogP contribution in [0.5, 0.6) is 0 Å². The Morgan fingerprint density at radius 2 is 1.90 bits per heavy atom. The largest absolute Gasteiger partial charge is 0.383 e. The number of methoxy groups -OCH3 is 2. The van der Waals surface area contributed by atoms with Crippen molar-refractivity contribution in [2.75, 3.05) is 52.0 Å². The van der Waals surface area contributed by atoms with Crippen LogP contribution in [-0.4, -0.2) is 52.1 Å². The van der Waals surface area contributed by atoms with E-state index in [0.29, 0.717) is 18.2 Å². The van der Waals surface area contributed by atoms with Gasteiger partial charge in [-0.1, -0.05) is 18.5 Å². The third kappa shape index (κ3) is 5.63. The number of ether oxygens (including phenoxy) is 2. The number of anilines is 1. The predicted molar refractivity (Wildman–Crippen MR) is 82.6 cm³/mol. The van der Waals surface area contributed by atoms with Gasteiger partial charge >= 0.3 is 0 Å². The first-order chi connectivity index (χ1) is 9.72. The zero-order valence-corrected chi connectivity index (χ0v) is 13.2. The van der Waals surface area contributed by atoms with Gasteiger partial charge in [-0.15, -0.1) is 0 Å². The van der Waals surface area contributed by atoms with E-state index >= 15 is 0 Å². The molecule has 0 aliphatic heterocycles. The van der Waals surface area contributed by atoms with Crippen LogP contribution in [0.15, 0.2) is 12.3 Å². The van der Waals surface area contributed by atoms with E-state index < -0.39 is 0 Å². The Hall–Kier alpha value is -0.880. The lowest BCUT2D eigenvalue weighted by atomic mass is 10.2. The number of halogens is 1. The maximum absolute atomic E-state index is 6.35. The smallest absolute Gasteiger partial charge is 0.147 e. The fraction of sp³-hybridized carbons (Fsp3) is 0.643. The Bertz CT molecular complexity index is 383. The van der Waals surface area contributed by atoms with Gasteiger partial charge in [-0.25, -0.2) is 4.98 Å². The van der Waals surface area contributed by atoms with E-state index in [9.17, 15) is 0 Å². The number of hydrogen-bond acceptors (Lipinski definition) is 5. The summed E-state index contributed by atoms with van der Waals surface area (Å²) < 4.78 is 10.3. The second-order valence-electron chi connectivity index (χ2n) is 4.40. The number of rotatable bonds is 10. The van der Waals surface area contributed by atoms with E-state index in [-0.39, 0.29) is 0 Å². The van der Waals surface area contributed by atoms with Crippen LogP contribution in [0, 0.1) is 0 Å². The van der Waals surface area contributed by atoms with E-state index in [1.54, 1.807) is 14.2 Å². The first-order valence-corrected chi connectivity index (χ1v) is 7.18. The Morgan fingerprint density at radius 1 is 1.25 bits per heavy atom. The Morgan fingerprint density at radius 3 is 2.40 bits per heavy atom. The summed E-state index contributed by atoms with van der Waals surface area (Å²) in [6, 6.07) is 1.96. The molecule has 1 N–H and O–H groups in total. The summed E-state index contributed by atoms with van der Waals surface area (Å²) in [4.78, 5) is 6.56. The molecule has 5 nitrogen and oxygen atoms in total. The first-order valence-electron chi connectivity index (χ1n) is 6.80. The van der Waals surface area contributed by atoms with E-state index in [0.717, 1.165) is 37.6 Å². The van der Waals surface area contributed by atoms with Crippen LogP contribution in [0.4, 0.5) is 5.82 Å².